The molecule has 0 radical (unpaired) electrons. The van der Waals surface area contributed by atoms with E-state index in [-0.39, 0.29) is 23.2 Å². The molecule has 0 unspecified atom stereocenters. The van der Waals surface area contributed by atoms with Crippen molar-refractivity contribution in [1.82, 2.24) is 0 Å². The van der Waals surface area contributed by atoms with E-state index in [2.05, 4.69) is 6.58 Å². The molecule has 0 aromatic carbocycles. The Morgan fingerprint density at radius 1 is 1.60 bits per heavy atom. The molecule has 1 rings (SSSR count). The Morgan fingerprint density at radius 3 is 2.40 bits per heavy atom. The molecule has 0 spiro atoms. The Bertz CT molecular complexity index is 226. The van der Waals surface area contributed by atoms with E-state index in [1.165, 1.54) is 6.08 Å². The van der Waals surface area contributed by atoms with Gasteiger partial charge in [-0.15, -0.1) is 0 Å². The number of carbonyl (C=O) groups is 1. The van der Waals surface area contributed by atoms with Gasteiger partial charge in [-0.2, -0.15) is 0 Å². The molecular weight excluding hydrogens is 189 g/mol. The number of aliphatic carboxylic acids is 1. The third kappa shape index (κ3) is 1.60. The third-order valence-corrected chi connectivity index (χ3v) is 1.14. The van der Waals surface area contributed by atoms with Gasteiger partial charge in [0.15, 0.2) is 0 Å². The summed E-state index contributed by atoms with van der Waals surface area (Å²) in [7, 11) is 0. The first-order chi connectivity index (χ1) is 4.22. The van der Waals surface area contributed by atoms with Gasteiger partial charge >= 0.3 is 23.6 Å². The molecule has 0 saturated carbocycles. The number of rotatable bonds is 1. The Labute approximate surface area is 69.9 Å². The standard InChI is InChI=1S/C7H6O2.GeH4/c1-5-3-2-4-6(5)7(8)9;/h2-4H,1H2,(H,8,9);1H4. The van der Waals surface area contributed by atoms with Gasteiger partial charge in [-0.05, 0) is 11.6 Å². The molecule has 1 aliphatic rings. The fraction of sp³-hybridized carbons (Fsp3) is 0. The number of carboxylic acids is 1. The summed E-state index contributed by atoms with van der Waals surface area (Å²) in [5.74, 6) is -0.912. The molecule has 0 amide bonds. The zero-order chi connectivity index (χ0) is 6.85. The van der Waals surface area contributed by atoms with Gasteiger partial charge in [-0.1, -0.05) is 18.7 Å². The summed E-state index contributed by atoms with van der Waals surface area (Å²) in [6.07, 6.45) is 4.87. The van der Waals surface area contributed by atoms with Gasteiger partial charge in [-0.3, -0.25) is 0 Å². The molecule has 1 N–H and O–H groups in total. The van der Waals surface area contributed by atoms with Crippen molar-refractivity contribution < 1.29 is 9.90 Å². The maximum atomic E-state index is 10.2. The van der Waals surface area contributed by atoms with Crippen molar-refractivity contribution in [3.05, 3.63) is 36.0 Å². The summed E-state index contributed by atoms with van der Waals surface area (Å²) in [6.45, 7) is 3.52. The topological polar surface area (TPSA) is 37.3 Å². The van der Waals surface area contributed by atoms with E-state index in [1.54, 1.807) is 12.2 Å². The van der Waals surface area contributed by atoms with Crippen molar-refractivity contribution in [2.75, 3.05) is 0 Å². The Balaban J connectivity index is 0.000000810. The van der Waals surface area contributed by atoms with Crippen molar-refractivity contribution in [3.63, 3.8) is 0 Å². The second-order valence-corrected chi connectivity index (χ2v) is 1.77. The molecule has 0 saturated heterocycles. The van der Waals surface area contributed by atoms with Crippen LogP contribution in [-0.4, -0.2) is 28.7 Å². The van der Waals surface area contributed by atoms with Gasteiger partial charge in [0, 0.05) is 0 Å². The summed E-state index contributed by atoms with van der Waals surface area (Å²) >= 11 is 0. The number of carboxylic acid groups (broad SMARTS) is 1. The minimum absolute atomic E-state index is 0. The molecule has 54 valence electrons. The van der Waals surface area contributed by atoms with E-state index in [0.717, 1.165) is 0 Å². The summed E-state index contributed by atoms with van der Waals surface area (Å²) in [5.41, 5.74) is 0.859. The van der Waals surface area contributed by atoms with Crippen molar-refractivity contribution in [1.29, 1.82) is 0 Å². The Kier molecular flexibility index (Phi) is 3.15. The van der Waals surface area contributed by atoms with Crippen LogP contribution in [0.4, 0.5) is 0 Å². The number of hydrogen-bond donors (Lipinski definition) is 1. The van der Waals surface area contributed by atoms with Gasteiger partial charge < -0.3 is 5.11 Å². The zero-order valence-corrected chi connectivity index (χ0v) is 4.79. The third-order valence-electron chi connectivity index (χ3n) is 1.14. The average molecular weight is 199 g/mol. The number of hydrogen-bond acceptors (Lipinski definition) is 1. The molecule has 3 heteroatoms. The van der Waals surface area contributed by atoms with Gasteiger partial charge in [0.25, 0.3) is 0 Å². The molecule has 1 aliphatic carbocycles. The van der Waals surface area contributed by atoms with Crippen LogP contribution in [0.15, 0.2) is 36.0 Å². The van der Waals surface area contributed by atoms with Crippen LogP contribution in [0.5, 0.6) is 0 Å². The minimum atomic E-state index is -0.912. The molecule has 0 aromatic rings. The first kappa shape index (κ1) is 9.23. The normalized spacial score (nSPS) is 14.4. The van der Waals surface area contributed by atoms with E-state index >= 15 is 0 Å². The molecular formula is C7H10GeO2. The predicted octanol–water partition coefficient (Wildman–Crippen LogP) is -0.328. The predicted molar refractivity (Wildman–Crippen MR) is 45.3 cm³/mol. The van der Waals surface area contributed by atoms with Crippen LogP contribution in [-0.2, 0) is 4.79 Å². The van der Waals surface area contributed by atoms with Crippen LogP contribution in [0.1, 0.15) is 0 Å². The van der Waals surface area contributed by atoms with Crippen LogP contribution >= 0.6 is 0 Å². The summed E-state index contributed by atoms with van der Waals surface area (Å²) in [4.78, 5) is 10.2. The molecule has 0 aromatic heterocycles. The molecule has 0 atom stereocenters. The van der Waals surface area contributed by atoms with Crippen LogP contribution in [0.3, 0.4) is 0 Å². The SMILES string of the molecule is C=C1C=CC=C1C(=O)O.[GeH4]. The zero-order valence-electron chi connectivity index (χ0n) is 4.79. The monoisotopic (exact) mass is 200 g/mol. The summed E-state index contributed by atoms with van der Waals surface area (Å²) in [6, 6.07) is 0. The molecule has 0 heterocycles. The molecule has 2 nitrogen and oxygen atoms in total. The molecule has 0 fully saturated rings. The van der Waals surface area contributed by atoms with Crippen molar-refractivity contribution >= 4 is 23.6 Å². The maximum absolute atomic E-state index is 10.2. The van der Waals surface area contributed by atoms with Gasteiger partial charge in [0.1, 0.15) is 0 Å². The fourth-order valence-electron chi connectivity index (χ4n) is 0.666. The quantitative estimate of drug-likeness (QED) is 0.587. The van der Waals surface area contributed by atoms with Crippen LogP contribution < -0.4 is 0 Å². The van der Waals surface area contributed by atoms with Crippen LogP contribution in [0.25, 0.3) is 0 Å². The van der Waals surface area contributed by atoms with Crippen LogP contribution in [0.2, 0.25) is 0 Å². The molecule has 10 heavy (non-hydrogen) atoms. The Morgan fingerprint density at radius 2 is 2.20 bits per heavy atom. The average Bonchev–Trinajstić information content (AvgIpc) is 2.13. The van der Waals surface area contributed by atoms with E-state index < -0.39 is 5.97 Å². The summed E-state index contributed by atoms with van der Waals surface area (Å²) < 4.78 is 0. The van der Waals surface area contributed by atoms with Crippen molar-refractivity contribution in [3.8, 4) is 0 Å². The fourth-order valence-corrected chi connectivity index (χ4v) is 0.666. The van der Waals surface area contributed by atoms with E-state index in [0.29, 0.717) is 5.57 Å². The first-order valence-electron chi connectivity index (χ1n) is 2.53. The second-order valence-electron chi connectivity index (χ2n) is 1.77. The van der Waals surface area contributed by atoms with Gasteiger partial charge in [0.05, 0.1) is 5.57 Å². The number of allylic oxidation sites excluding steroid dienone is 3. The van der Waals surface area contributed by atoms with E-state index in [9.17, 15) is 4.79 Å². The Hall–Kier alpha value is -0.767. The van der Waals surface area contributed by atoms with Gasteiger partial charge in [-0.25, -0.2) is 4.79 Å². The van der Waals surface area contributed by atoms with Gasteiger partial charge in [0.2, 0.25) is 0 Å². The van der Waals surface area contributed by atoms with E-state index in [4.69, 9.17) is 5.11 Å². The molecule has 0 aliphatic heterocycles. The van der Waals surface area contributed by atoms with E-state index in [1.807, 2.05) is 0 Å². The van der Waals surface area contributed by atoms with Crippen molar-refractivity contribution in [2.24, 2.45) is 0 Å². The molecule has 0 bridgehead atoms. The first-order valence-corrected chi connectivity index (χ1v) is 2.53. The second kappa shape index (κ2) is 3.41. The van der Waals surface area contributed by atoms with Crippen molar-refractivity contribution in [2.45, 2.75) is 0 Å². The van der Waals surface area contributed by atoms with Crippen LogP contribution in [0, 0.1) is 0 Å². The summed E-state index contributed by atoms with van der Waals surface area (Å²) in [5, 5.41) is 8.41.